The number of ketones is 1. The first-order chi connectivity index (χ1) is 17.5. The fourth-order valence-corrected chi connectivity index (χ4v) is 5.56. The van der Waals surface area contributed by atoms with Crippen LogP contribution in [-0.2, 0) is 24.0 Å². The van der Waals surface area contributed by atoms with E-state index in [9.17, 15) is 29.1 Å². The van der Waals surface area contributed by atoms with Gasteiger partial charge in [0.1, 0.15) is 18.2 Å². The normalized spacial score (nSPS) is 25.4. The molecule has 4 N–H and O–H groups in total. The van der Waals surface area contributed by atoms with E-state index in [1.165, 1.54) is 0 Å². The van der Waals surface area contributed by atoms with Crippen molar-refractivity contribution in [3.63, 3.8) is 0 Å². The van der Waals surface area contributed by atoms with E-state index in [2.05, 4.69) is 16.0 Å². The van der Waals surface area contributed by atoms with E-state index in [-0.39, 0.29) is 35.6 Å². The first kappa shape index (κ1) is 29.1. The molecule has 3 aliphatic rings. The summed E-state index contributed by atoms with van der Waals surface area (Å²) >= 11 is 0. The topological polar surface area (TPSA) is 145 Å². The van der Waals surface area contributed by atoms with Crippen molar-refractivity contribution in [3.8, 4) is 0 Å². The lowest BCUT2D eigenvalue weighted by Gasteiger charge is -2.33. The quantitative estimate of drug-likeness (QED) is 0.282. The second kappa shape index (κ2) is 12.4. The van der Waals surface area contributed by atoms with Gasteiger partial charge < -0.3 is 26.0 Å². The molecule has 0 aromatic carbocycles. The highest BCUT2D eigenvalue weighted by Crippen LogP contribution is 2.42. The van der Waals surface area contributed by atoms with E-state index in [0.29, 0.717) is 19.4 Å². The molecular weight excluding hydrogens is 476 g/mol. The van der Waals surface area contributed by atoms with Gasteiger partial charge in [-0.15, -0.1) is 0 Å². The number of amides is 4. The highest BCUT2D eigenvalue weighted by molar-refractivity contribution is 6.38. The standard InChI is InChI=1S/C27H44N4O6/c1-6-8-19(23(33)26(36)28-17-11-12-17)29-24(34)21-18-10-7-9-16(18)13-31(21)27(37)20(14(2)3)30-25(35)22(32)15(4)5/h14-22,32H,6-13H2,1-5H3,(H,28,36)(H,29,34)(H,30,35)/t16-,18-,19?,20-,21-,22?/m0/s1. The number of rotatable bonds is 12. The van der Waals surface area contributed by atoms with Gasteiger partial charge >= 0.3 is 0 Å². The molecule has 2 unspecified atom stereocenters. The summed E-state index contributed by atoms with van der Waals surface area (Å²) in [6.07, 6.45) is 4.07. The van der Waals surface area contributed by atoms with Crippen LogP contribution in [0.3, 0.4) is 0 Å². The molecule has 3 rings (SSSR count). The van der Waals surface area contributed by atoms with Crippen LogP contribution in [0.2, 0.25) is 0 Å². The summed E-state index contributed by atoms with van der Waals surface area (Å²) in [5.74, 6) is -3.17. The molecular formula is C27H44N4O6. The van der Waals surface area contributed by atoms with E-state index in [1.807, 2.05) is 20.8 Å². The van der Waals surface area contributed by atoms with Gasteiger partial charge in [-0.05, 0) is 55.8 Å². The average Bonchev–Trinajstić information content (AvgIpc) is 3.41. The van der Waals surface area contributed by atoms with Crippen LogP contribution in [0.25, 0.3) is 0 Å². The monoisotopic (exact) mass is 520 g/mol. The molecule has 4 amide bonds. The molecule has 37 heavy (non-hydrogen) atoms. The first-order valence-corrected chi connectivity index (χ1v) is 13.9. The first-order valence-electron chi connectivity index (χ1n) is 13.9. The van der Waals surface area contributed by atoms with Crippen LogP contribution in [-0.4, -0.2) is 76.2 Å². The van der Waals surface area contributed by atoms with Gasteiger partial charge in [-0.3, -0.25) is 24.0 Å². The number of carbonyl (C=O) groups is 5. The third-order valence-electron chi connectivity index (χ3n) is 7.92. The maximum absolute atomic E-state index is 13.8. The largest absolute Gasteiger partial charge is 0.383 e. The van der Waals surface area contributed by atoms with Gasteiger partial charge in [0.05, 0.1) is 6.04 Å². The molecule has 0 bridgehead atoms. The second-order valence-electron chi connectivity index (χ2n) is 11.7. The third-order valence-corrected chi connectivity index (χ3v) is 7.92. The number of aliphatic hydroxyl groups excluding tert-OH is 1. The van der Waals surface area contributed by atoms with Gasteiger partial charge in [-0.25, -0.2) is 0 Å². The molecule has 0 aromatic heterocycles. The Labute approximate surface area is 219 Å². The number of aliphatic hydroxyl groups is 1. The molecule has 0 spiro atoms. The van der Waals surface area contributed by atoms with Crippen molar-refractivity contribution < 1.29 is 29.1 Å². The molecule has 6 atom stereocenters. The number of nitrogens with zero attached hydrogens (tertiary/aromatic N) is 1. The Morgan fingerprint density at radius 3 is 2.19 bits per heavy atom. The van der Waals surface area contributed by atoms with Gasteiger partial charge in [0.25, 0.3) is 5.91 Å². The summed E-state index contributed by atoms with van der Waals surface area (Å²) in [7, 11) is 0. The Bertz CT molecular complexity index is 886. The summed E-state index contributed by atoms with van der Waals surface area (Å²) < 4.78 is 0. The highest BCUT2D eigenvalue weighted by atomic mass is 16.3. The maximum atomic E-state index is 13.8. The van der Waals surface area contributed by atoms with E-state index in [1.54, 1.807) is 18.7 Å². The Hall–Kier alpha value is -2.49. The van der Waals surface area contributed by atoms with E-state index in [4.69, 9.17) is 0 Å². The number of hydrogen-bond acceptors (Lipinski definition) is 6. The fraction of sp³-hybridized carbons (Fsp3) is 0.815. The molecule has 0 radical (unpaired) electrons. The van der Waals surface area contributed by atoms with Crippen molar-refractivity contribution in [1.29, 1.82) is 0 Å². The molecule has 3 fully saturated rings. The van der Waals surface area contributed by atoms with Crippen LogP contribution in [0.15, 0.2) is 0 Å². The van der Waals surface area contributed by atoms with Crippen LogP contribution in [0, 0.1) is 23.7 Å². The average molecular weight is 521 g/mol. The maximum Gasteiger partial charge on any atom is 0.289 e. The smallest absolute Gasteiger partial charge is 0.289 e. The van der Waals surface area contributed by atoms with Gasteiger partial charge in [0.2, 0.25) is 23.5 Å². The van der Waals surface area contributed by atoms with Crippen LogP contribution in [0.4, 0.5) is 0 Å². The highest BCUT2D eigenvalue weighted by Gasteiger charge is 2.51. The number of Topliss-reactive ketones (excluding diaryl/α,β-unsaturated/α-hetero) is 1. The molecule has 2 aliphatic carbocycles. The third kappa shape index (κ3) is 6.89. The van der Waals surface area contributed by atoms with Gasteiger partial charge in [-0.1, -0.05) is 47.5 Å². The molecule has 1 saturated heterocycles. The number of fused-ring (bicyclic) bond motifs is 1. The summed E-state index contributed by atoms with van der Waals surface area (Å²) in [4.78, 5) is 66.8. The summed E-state index contributed by atoms with van der Waals surface area (Å²) in [6.45, 7) is 9.35. The molecule has 10 heteroatoms. The van der Waals surface area contributed by atoms with Gasteiger partial charge in [-0.2, -0.15) is 0 Å². The zero-order valence-corrected chi connectivity index (χ0v) is 22.8. The number of hydrogen-bond donors (Lipinski definition) is 4. The SMILES string of the molecule is CCCC(NC(=O)[C@@H]1[C@H]2CCC[C@H]2CN1C(=O)[C@@H](NC(=O)C(O)C(C)C)C(C)C)C(=O)C(=O)NC1CC1. The summed E-state index contributed by atoms with van der Waals surface area (Å²) in [6, 6.07) is -2.58. The zero-order valence-electron chi connectivity index (χ0n) is 22.8. The van der Waals surface area contributed by atoms with Crippen molar-refractivity contribution in [1.82, 2.24) is 20.9 Å². The van der Waals surface area contributed by atoms with Crippen molar-refractivity contribution >= 4 is 29.4 Å². The van der Waals surface area contributed by atoms with E-state index >= 15 is 0 Å². The van der Waals surface area contributed by atoms with E-state index in [0.717, 1.165) is 32.1 Å². The Kier molecular flexibility index (Phi) is 9.72. The molecule has 0 aromatic rings. The Balaban J connectivity index is 1.78. The fourth-order valence-electron chi connectivity index (χ4n) is 5.56. The Morgan fingerprint density at radius 1 is 0.946 bits per heavy atom. The van der Waals surface area contributed by atoms with Crippen molar-refractivity contribution in [2.75, 3.05) is 6.54 Å². The zero-order chi connectivity index (χ0) is 27.4. The number of likely N-dealkylation sites (tertiary alicyclic amines) is 1. The van der Waals surface area contributed by atoms with Crippen molar-refractivity contribution in [2.45, 2.75) is 110 Å². The van der Waals surface area contributed by atoms with Crippen LogP contribution in [0.1, 0.15) is 79.6 Å². The lowest BCUT2D eigenvalue weighted by molar-refractivity contribution is -0.146. The molecule has 10 nitrogen and oxygen atoms in total. The molecule has 1 heterocycles. The minimum absolute atomic E-state index is 0.0358. The minimum atomic E-state index is -1.24. The lowest BCUT2D eigenvalue weighted by atomic mass is 9.92. The van der Waals surface area contributed by atoms with Crippen LogP contribution < -0.4 is 16.0 Å². The predicted octanol–water partition coefficient (Wildman–Crippen LogP) is 0.904. The number of carbonyl (C=O) groups excluding carboxylic acids is 5. The summed E-state index contributed by atoms with van der Waals surface area (Å²) in [5, 5.41) is 18.4. The van der Waals surface area contributed by atoms with Gasteiger partial charge in [0, 0.05) is 12.6 Å². The van der Waals surface area contributed by atoms with Gasteiger partial charge in [0.15, 0.2) is 0 Å². The molecule has 208 valence electrons. The Morgan fingerprint density at radius 2 is 1.62 bits per heavy atom. The minimum Gasteiger partial charge on any atom is -0.383 e. The van der Waals surface area contributed by atoms with Crippen molar-refractivity contribution in [2.24, 2.45) is 23.7 Å². The van der Waals surface area contributed by atoms with Crippen molar-refractivity contribution in [3.05, 3.63) is 0 Å². The van der Waals surface area contributed by atoms with Crippen LogP contribution in [0.5, 0.6) is 0 Å². The molecule has 2 saturated carbocycles. The van der Waals surface area contributed by atoms with E-state index < -0.39 is 47.7 Å². The second-order valence-corrected chi connectivity index (χ2v) is 11.7. The lowest BCUT2D eigenvalue weighted by Crippen LogP contribution is -2.59. The summed E-state index contributed by atoms with van der Waals surface area (Å²) in [5.41, 5.74) is 0. The predicted molar refractivity (Wildman–Crippen MR) is 137 cm³/mol. The van der Waals surface area contributed by atoms with Crippen LogP contribution >= 0.6 is 0 Å². The molecule has 1 aliphatic heterocycles. The number of nitrogens with one attached hydrogen (secondary N) is 3.